The van der Waals surface area contributed by atoms with Crippen molar-refractivity contribution >= 4 is 41.0 Å². The van der Waals surface area contributed by atoms with Crippen LogP contribution in [0.5, 0.6) is 0 Å². The fourth-order valence-electron chi connectivity index (χ4n) is 4.37. The molecule has 1 unspecified atom stereocenters. The second kappa shape index (κ2) is 10.3. The smallest absolute Gasteiger partial charge is 0.338 e. The third-order valence-corrected chi connectivity index (χ3v) is 7.37. The van der Waals surface area contributed by atoms with Crippen LogP contribution < -0.4 is 14.9 Å². The summed E-state index contributed by atoms with van der Waals surface area (Å²) in [5.41, 5.74) is 1.40. The maximum absolute atomic E-state index is 13.7. The number of esters is 1. The average Bonchev–Trinajstić information content (AvgIpc) is 3.48. The van der Waals surface area contributed by atoms with Gasteiger partial charge < -0.3 is 14.3 Å². The van der Waals surface area contributed by atoms with E-state index in [1.807, 2.05) is 0 Å². The predicted molar refractivity (Wildman–Crippen MR) is 143 cm³/mol. The van der Waals surface area contributed by atoms with Gasteiger partial charge in [-0.2, -0.15) is 0 Å². The highest BCUT2D eigenvalue weighted by atomic mass is 35.5. The van der Waals surface area contributed by atoms with Gasteiger partial charge in [-0.15, -0.1) is 0 Å². The number of carbonyl (C=O) groups excluding carboxylic acids is 1. The maximum Gasteiger partial charge on any atom is 0.338 e. The number of aromatic carboxylic acids is 1. The fourth-order valence-corrected chi connectivity index (χ4v) is 5.64. The van der Waals surface area contributed by atoms with Crippen LogP contribution in [0.25, 0.3) is 17.4 Å². The van der Waals surface area contributed by atoms with Crippen molar-refractivity contribution in [3.8, 4) is 11.3 Å². The van der Waals surface area contributed by atoms with Crippen LogP contribution in [-0.4, -0.2) is 28.2 Å². The van der Waals surface area contributed by atoms with Crippen molar-refractivity contribution < 1.29 is 23.8 Å². The van der Waals surface area contributed by atoms with E-state index in [2.05, 4.69) is 4.99 Å². The number of hydrogen-bond donors (Lipinski definition) is 1. The van der Waals surface area contributed by atoms with Crippen LogP contribution in [0, 0.1) is 0 Å². The van der Waals surface area contributed by atoms with Crippen molar-refractivity contribution in [1.82, 2.24) is 4.57 Å². The van der Waals surface area contributed by atoms with Crippen molar-refractivity contribution in [1.29, 1.82) is 0 Å². The number of thiazole rings is 1. The summed E-state index contributed by atoms with van der Waals surface area (Å²) in [6, 6.07) is 16.0. The number of ether oxygens (including phenoxy) is 1. The molecule has 8 nitrogen and oxygen atoms in total. The van der Waals surface area contributed by atoms with Crippen molar-refractivity contribution in [2.45, 2.75) is 19.9 Å². The second-order valence-electron chi connectivity index (χ2n) is 8.38. The monoisotopic (exact) mass is 548 g/mol. The van der Waals surface area contributed by atoms with Gasteiger partial charge in [-0.05, 0) is 43.7 Å². The van der Waals surface area contributed by atoms with Crippen LogP contribution in [0.4, 0.5) is 0 Å². The Morgan fingerprint density at radius 1 is 1.16 bits per heavy atom. The van der Waals surface area contributed by atoms with Crippen molar-refractivity contribution in [3.63, 3.8) is 0 Å². The number of aromatic nitrogens is 1. The predicted octanol–water partition coefficient (Wildman–Crippen LogP) is 4.41. The first-order valence-corrected chi connectivity index (χ1v) is 12.9. The molecule has 10 heteroatoms. The SMILES string of the molecule is CCOC(=O)C1=C(C)N=c2s/c(=C\c3ccc(-c4ccccc4C(=O)O)o3)c(=O)n2C1c1ccccc1Cl. The molecule has 3 heterocycles. The normalized spacial score (nSPS) is 15.2. The Hall–Kier alpha value is -4.21. The lowest BCUT2D eigenvalue weighted by Gasteiger charge is -2.25. The molecule has 4 aromatic rings. The third kappa shape index (κ3) is 4.51. The zero-order chi connectivity index (χ0) is 27.0. The molecule has 0 bridgehead atoms. The van der Waals surface area contributed by atoms with E-state index in [9.17, 15) is 19.5 Å². The van der Waals surface area contributed by atoms with Crippen LogP contribution in [-0.2, 0) is 9.53 Å². The van der Waals surface area contributed by atoms with Gasteiger partial charge >= 0.3 is 11.9 Å². The average molecular weight is 549 g/mol. The number of rotatable bonds is 6. The van der Waals surface area contributed by atoms with E-state index in [0.717, 1.165) is 11.3 Å². The molecule has 192 valence electrons. The van der Waals surface area contributed by atoms with Gasteiger partial charge in [0.05, 0.1) is 28.0 Å². The molecular formula is C28H21ClN2O6S. The van der Waals surface area contributed by atoms with Crippen LogP contribution >= 0.6 is 22.9 Å². The number of fused-ring (bicyclic) bond motifs is 1. The number of allylic oxidation sites excluding steroid dienone is 1. The molecule has 1 aliphatic rings. The molecule has 38 heavy (non-hydrogen) atoms. The van der Waals surface area contributed by atoms with E-state index in [0.29, 0.717) is 42.7 Å². The molecule has 1 atom stereocenters. The molecule has 0 radical (unpaired) electrons. The van der Waals surface area contributed by atoms with Gasteiger partial charge in [-0.1, -0.05) is 59.3 Å². The number of benzene rings is 2. The molecule has 1 N–H and O–H groups in total. The van der Waals surface area contributed by atoms with E-state index < -0.39 is 18.0 Å². The minimum Gasteiger partial charge on any atom is -0.478 e. The van der Waals surface area contributed by atoms with Crippen LogP contribution in [0.1, 0.15) is 41.6 Å². The topological polar surface area (TPSA) is 111 Å². The molecule has 2 aromatic heterocycles. The second-order valence-corrected chi connectivity index (χ2v) is 9.79. The largest absolute Gasteiger partial charge is 0.478 e. The number of carboxylic acid groups (broad SMARTS) is 1. The quantitative estimate of drug-likeness (QED) is 0.357. The van der Waals surface area contributed by atoms with E-state index in [1.54, 1.807) is 74.5 Å². The molecule has 0 spiro atoms. The third-order valence-electron chi connectivity index (χ3n) is 6.04. The number of hydrogen-bond acceptors (Lipinski definition) is 7. The molecule has 1 aliphatic heterocycles. The first-order chi connectivity index (χ1) is 18.3. The standard InChI is InChI=1S/C28H21ClN2O6S/c1-3-36-27(35)23-15(2)30-28-31(24(23)19-10-6-7-11-20(19)29)25(32)22(38-28)14-16-12-13-21(37-16)17-8-4-5-9-18(17)26(33)34/h4-14,24H,3H2,1-2H3,(H,33,34)/b22-14-. The Bertz CT molecular complexity index is 1800. The van der Waals surface area contributed by atoms with Gasteiger partial charge in [0, 0.05) is 16.7 Å². The lowest BCUT2D eigenvalue weighted by atomic mass is 9.96. The molecule has 0 amide bonds. The summed E-state index contributed by atoms with van der Waals surface area (Å²) in [5, 5.41) is 9.90. The molecular weight excluding hydrogens is 528 g/mol. The van der Waals surface area contributed by atoms with Gasteiger partial charge in [-0.3, -0.25) is 9.36 Å². The van der Waals surface area contributed by atoms with E-state index in [-0.39, 0.29) is 23.3 Å². The number of carboxylic acids is 1. The van der Waals surface area contributed by atoms with Gasteiger partial charge in [0.25, 0.3) is 5.56 Å². The Kier molecular flexibility index (Phi) is 6.88. The van der Waals surface area contributed by atoms with Crippen LogP contribution in [0.2, 0.25) is 5.02 Å². The highest BCUT2D eigenvalue weighted by molar-refractivity contribution is 7.07. The van der Waals surface area contributed by atoms with E-state index in [1.165, 1.54) is 10.6 Å². The fraction of sp³-hybridized carbons (Fsp3) is 0.143. The van der Waals surface area contributed by atoms with E-state index >= 15 is 0 Å². The molecule has 0 saturated carbocycles. The summed E-state index contributed by atoms with van der Waals surface area (Å²) in [6.45, 7) is 3.58. The maximum atomic E-state index is 13.7. The summed E-state index contributed by atoms with van der Waals surface area (Å²) in [4.78, 5) is 43.2. The Morgan fingerprint density at radius 3 is 2.63 bits per heavy atom. The van der Waals surface area contributed by atoms with Gasteiger partial charge in [0.15, 0.2) is 4.80 Å². The van der Waals surface area contributed by atoms with E-state index in [4.69, 9.17) is 20.8 Å². The number of halogens is 1. The minimum absolute atomic E-state index is 0.106. The lowest BCUT2D eigenvalue weighted by molar-refractivity contribution is -0.139. The van der Waals surface area contributed by atoms with Gasteiger partial charge in [0.2, 0.25) is 0 Å². The Labute approximate surface area is 225 Å². The summed E-state index contributed by atoms with van der Waals surface area (Å²) in [6.07, 6.45) is 1.57. The minimum atomic E-state index is -1.07. The zero-order valence-electron chi connectivity index (χ0n) is 20.3. The molecule has 2 aromatic carbocycles. The lowest BCUT2D eigenvalue weighted by Crippen LogP contribution is -2.40. The molecule has 0 saturated heterocycles. The van der Waals surface area contributed by atoms with Crippen molar-refractivity contribution in [3.05, 3.63) is 114 Å². The first-order valence-electron chi connectivity index (χ1n) is 11.7. The van der Waals surface area contributed by atoms with Crippen LogP contribution in [0.15, 0.2) is 86.1 Å². The number of furan rings is 1. The number of nitrogens with zero attached hydrogens (tertiary/aromatic N) is 2. The van der Waals surface area contributed by atoms with Gasteiger partial charge in [-0.25, -0.2) is 14.6 Å². The van der Waals surface area contributed by atoms with Crippen molar-refractivity contribution in [2.24, 2.45) is 4.99 Å². The Morgan fingerprint density at radius 2 is 1.89 bits per heavy atom. The number of carbonyl (C=O) groups is 2. The van der Waals surface area contributed by atoms with Crippen LogP contribution in [0.3, 0.4) is 0 Å². The highest BCUT2D eigenvalue weighted by Crippen LogP contribution is 2.34. The van der Waals surface area contributed by atoms with Crippen molar-refractivity contribution in [2.75, 3.05) is 6.61 Å². The summed E-state index contributed by atoms with van der Waals surface area (Å²) in [7, 11) is 0. The zero-order valence-corrected chi connectivity index (χ0v) is 21.9. The highest BCUT2D eigenvalue weighted by Gasteiger charge is 2.34. The summed E-state index contributed by atoms with van der Waals surface area (Å²) < 4.78 is 13.0. The molecule has 5 rings (SSSR count). The summed E-state index contributed by atoms with van der Waals surface area (Å²) in [5.74, 6) is -0.919. The molecule has 0 fully saturated rings. The molecule has 0 aliphatic carbocycles. The Balaban J connectivity index is 1.65. The first kappa shape index (κ1) is 25.4. The van der Waals surface area contributed by atoms with Gasteiger partial charge in [0.1, 0.15) is 17.6 Å². The summed E-state index contributed by atoms with van der Waals surface area (Å²) >= 11 is 7.67.